The molecule has 0 aliphatic heterocycles. The number of nitrogens with zero attached hydrogens (tertiary/aromatic N) is 2. The Labute approximate surface area is 188 Å². The van der Waals surface area contributed by atoms with Crippen molar-refractivity contribution in [3.8, 4) is 0 Å². The summed E-state index contributed by atoms with van der Waals surface area (Å²) in [7, 11) is -8.18. The molecular formula is C18H39ClN2O4Si4. The molecule has 6 nitrogen and oxygen atoms in total. The topological polar surface area (TPSA) is 65.1 Å². The van der Waals surface area contributed by atoms with Gasteiger partial charge in [-0.3, -0.25) is 0 Å². The van der Waals surface area contributed by atoms with Gasteiger partial charge in [0.05, 0.1) is 0 Å². The molecule has 0 N–H and O–H groups in total. The molecule has 0 spiro atoms. The standard InChI is InChI=1S/C12H34O4Si4.C6H5N2.ClH/c1-11-12-13-20(10,15-18(5,6)7)16-19(8,9)14-17(2,3)4;7-8-6-4-2-1-3-5-6;/h11-12H2,1-10H3;1-5H;1H/q;+1;/p-1. The summed E-state index contributed by atoms with van der Waals surface area (Å²) in [5, 5.41) is 8.16. The lowest BCUT2D eigenvalue weighted by molar-refractivity contribution is -0.0000174. The van der Waals surface area contributed by atoms with Crippen LogP contribution in [0.5, 0.6) is 0 Å². The maximum absolute atomic E-state index is 8.16. The first-order valence-corrected chi connectivity index (χ1v) is 21.6. The van der Waals surface area contributed by atoms with Gasteiger partial charge in [-0.05, 0) is 58.8 Å². The van der Waals surface area contributed by atoms with Crippen molar-refractivity contribution in [3.63, 3.8) is 0 Å². The summed E-state index contributed by atoms with van der Waals surface area (Å²) in [5.41, 5.74) is 0.590. The second kappa shape index (κ2) is 13.1. The van der Waals surface area contributed by atoms with Crippen molar-refractivity contribution in [1.29, 1.82) is 5.39 Å². The average Bonchev–Trinajstić information content (AvgIpc) is 2.49. The van der Waals surface area contributed by atoms with Crippen LogP contribution in [-0.2, 0) is 16.8 Å². The Bertz CT molecular complexity index is 619. The third-order valence-electron chi connectivity index (χ3n) is 2.91. The van der Waals surface area contributed by atoms with Crippen LogP contribution in [-0.4, -0.2) is 40.6 Å². The summed E-state index contributed by atoms with van der Waals surface area (Å²) in [6, 6.07) is 8.94. The summed E-state index contributed by atoms with van der Waals surface area (Å²) >= 11 is 0. The first kappa shape index (κ1) is 30.8. The smallest absolute Gasteiger partial charge is 0.478 e. The Hall–Kier alpha value is -0.362. The van der Waals surface area contributed by atoms with Crippen LogP contribution < -0.4 is 12.4 Å². The van der Waals surface area contributed by atoms with Gasteiger partial charge in [0.15, 0.2) is 21.6 Å². The van der Waals surface area contributed by atoms with Crippen molar-refractivity contribution >= 4 is 39.7 Å². The van der Waals surface area contributed by atoms with Gasteiger partial charge < -0.3 is 29.2 Å². The monoisotopic (exact) mass is 494 g/mol. The maximum atomic E-state index is 8.16. The molecule has 1 aromatic rings. The molecule has 0 saturated heterocycles. The highest BCUT2D eigenvalue weighted by atomic mass is 35.5. The minimum Gasteiger partial charge on any atom is -1.00 e. The van der Waals surface area contributed by atoms with Gasteiger partial charge in [-0.1, -0.05) is 25.1 Å². The first-order valence-electron chi connectivity index (χ1n) is 9.76. The molecule has 0 saturated carbocycles. The van der Waals surface area contributed by atoms with Gasteiger partial charge in [0.25, 0.3) is 0 Å². The number of diazo groups is 1. The van der Waals surface area contributed by atoms with Crippen LogP contribution in [0.4, 0.5) is 5.69 Å². The molecule has 0 bridgehead atoms. The molecule has 0 heterocycles. The molecule has 0 radical (unpaired) electrons. The van der Waals surface area contributed by atoms with Crippen molar-refractivity contribution in [2.24, 2.45) is 0 Å². The largest absolute Gasteiger partial charge is 1.00 e. The highest BCUT2D eigenvalue weighted by Gasteiger charge is 2.46. The van der Waals surface area contributed by atoms with E-state index in [9.17, 15) is 0 Å². The molecule has 0 aliphatic rings. The van der Waals surface area contributed by atoms with E-state index in [0.29, 0.717) is 12.3 Å². The Morgan fingerprint density at radius 2 is 1.28 bits per heavy atom. The zero-order chi connectivity index (χ0) is 22.1. The minimum atomic E-state index is -2.62. The van der Waals surface area contributed by atoms with Gasteiger partial charge >= 0.3 is 23.1 Å². The van der Waals surface area contributed by atoms with E-state index in [4.69, 9.17) is 22.2 Å². The SMILES string of the molecule is CCCO[Si](C)(O[Si](C)(C)C)O[Si](C)(C)O[Si](C)(C)C.N#[N+]c1ccccc1.[Cl-]. The fourth-order valence-corrected chi connectivity index (χ4v) is 18.7. The van der Waals surface area contributed by atoms with Crippen molar-refractivity contribution in [2.75, 3.05) is 6.61 Å². The quantitative estimate of drug-likeness (QED) is 0.387. The second-order valence-corrected chi connectivity index (χ2v) is 24.8. The highest BCUT2D eigenvalue weighted by molar-refractivity contribution is 6.87. The molecule has 1 rings (SSSR count). The predicted octanol–water partition coefficient (Wildman–Crippen LogP) is 3.58. The zero-order valence-corrected chi connectivity index (χ0v) is 24.5. The molecule has 0 aliphatic carbocycles. The number of rotatable bonds is 9. The zero-order valence-electron chi connectivity index (χ0n) is 19.7. The van der Waals surface area contributed by atoms with Crippen LogP contribution in [0.25, 0.3) is 4.98 Å². The third-order valence-corrected chi connectivity index (χ3v) is 15.4. The molecular weight excluding hydrogens is 456 g/mol. The highest BCUT2D eigenvalue weighted by Crippen LogP contribution is 2.24. The lowest BCUT2D eigenvalue weighted by atomic mass is 10.3. The van der Waals surface area contributed by atoms with Crippen LogP contribution in [0.1, 0.15) is 13.3 Å². The summed E-state index contributed by atoms with van der Waals surface area (Å²) in [5.74, 6) is 0. The second-order valence-electron chi connectivity index (χ2n) is 9.08. The van der Waals surface area contributed by atoms with Crippen molar-refractivity contribution in [1.82, 2.24) is 0 Å². The van der Waals surface area contributed by atoms with E-state index in [1.807, 2.05) is 24.7 Å². The van der Waals surface area contributed by atoms with Gasteiger partial charge in [-0.25, -0.2) is 0 Å². The summed E-state index contributed by atoms with van der Waals surface area (Å²) in [6.45, 7) is 22.1. The number of benzene rings is 1. The number of halogens is 1. The van der Waals surface area contributed by atoms with Crippen molar-refractivity contribution in [2.45, 2.75) is 72.3 Å². The van der Waals surface area contributed by atoms with E-state index >= 15 is 0 Å². The van der Waals surface area contributed by atoms with Gasteiger partial charge in [-0.15, -0.1) is 0 Å². The molecule has 11 heteroatoms. The van der Waals surface area contributed by atoms with E-state index in [1.165, 1.54) is 0 Å². The number of hydrogen-bond acceptors (Lipinski definition) is 5. The maximum Gasteiger partial charge on any atom is 0.478 e. The van der Waals surface area contributed by atoms with Gasteiger partial charge in [-0.2, -0.15) is 0 Å². The van der Waals surface area contributed by atoms with Gasteiger partial charge in [0, 0.05) is 25.3 Å². The van der Waals surface area contributed by atoms with Crippen molar-refractivity contribution in [3.05, 3.63) is 35.3 Å². The predicted molar refractivity (Wildman–Crippen MR) is 126 cm³/mol. The normalized spacial score (nSPS) is 14.0. The molecule has 0 aromatic heterocycles. The molecule has 1 unspecified atom stereocenters. The Morgan fingerprint density at radius 1 is 0.793 bits per heavy atom. The molecule has 1 aromatic carbocycles. The summed E-state index contributed by atoms with van der Waals surface area (Å²) < 4.78 is 24.9. The molecule has 168 valence electrons. The van der Waals surface area contributed by atoms with Crippen LogP contribution in [0, 0.1) is 5.39 Å². The molecule has 0 fully saturated rings. The van der Waals surface area contributed by atoms with Crippen LogP contribution in [0.15, 0.2) is 30.3 Å². The van der Waals surface area contributed by atoms with Crippen LogP contribution in [0.3, 0.4) is 0 Å². The third kappa shape index (κ3) is 17.1. The molecule has 29 heavy (non-hydrogen) atoms. The molecule has 1 atom stereocenters. The lowest BCUT2D eigenvalue weighted by Gasteiger charge is -2.40. The number of hydrogen-bond donors (Lipinski definition) is 0. The van der Waals surface area contributed by atoms with Gasteiger partial charge in [0.1, 0.15) is 0 Å². The van der Waals surface area contributed by atoms with E-state index < -0.39 is 34.0 Å². The minimum absolute atomic E-state index is 0. The Balaban J connectivity index is 0. The van der Waals surface area contributed by atoms with E-state index in [1.54, 1.807) is 12.1 Å². The summed E-state index contributed by atoms with van der Waals surface area (Å²) in [6.07, 6.45) is 0.970. The van der Waals surface area contributed by atoms with E-state index in [0.717, 1.165) is 6.42 Å². The van der Waals surface area contributed by atoms with Gasteiger partial charge in [0.2, 0.25) is 5.39 Å². The van der Waals surface area contributed by atoms with Crippen LogP contribution in [0.2, 0.25) is 58.9 Å². The average molecular weight is 495 g/mol. The van der Waals surface area contributed by atoms with E-state index in [2.05, 4.69) is 64.3 Å². The van der Waals surface area contributed by atoms with Crippen molar-refractivity contribution < 1.29 is 29.2 Å². The fraction of sp³-hybridized carbons (Fsp3) is 0.667. The molecule has 0 amide bonds. The first-order chi connectivity index (χ1) is 12.6. The summed E-state index contributed by atoms with van der Waals surface area (Å²) in [4.78, 5) is 2.97. The van der Waals surface area contributed by atoms with E-state index in [-0.39, 0.29) is 12.4 Å². The Kier molecular flexibility index (Phi) is 14.0. The lowest BCUT2D eigenvalue weighted by Crippen LogP contribution is -3.00. The van der Waals surface area contributed by atoms with Crippen LogP contribution >= 0.6 is 0 Å². The fourth-order valence-electron chi connectivity index (χ4n) is 2.62. The Morgan fingerprint density at radius 3 is 1.62 bits per heavy atom.